The number of aromatic nitrogens is 2. The van der Waals surface area contributed by atoms with Crippen LogP contribution in [-0.2, 0) is 6.54 Å². The predicted octanol–water partition coefficient (Wildman–Crippen LogP) is 4.08. The van der Waals surface area contributed by atoms with Crippen LogP contribution in [0.25, 0.3) is 11.3 Å². The number of benzene rings is 1. The van der Waals surface area contributed by atoms with Gasteiger partial charge in [0.15, 0.2) is 11.7 Å². The van der Waals surface area contributed by atoms with Gasteiger partial charge < -0.3 is 20.0 Å². The zero-order valence-electron chi connectivity index (χ0n) is 19.1. The van der Waals surface area contributed by atoms with Gasteiger partial charge in [0.2, 0.25) is 5.89 Å². The topological polar surface area (TPSA) is 78.6 Å². The van der Waals surface area contributed by atoms with Crippen LogP contribution in [0.5, 0.6) is 0 Å². The van der Waals surface area contributed by atoms with E-state index in [2.05, 4.69) is 63.6 Å². The molecule has 1 aliphatic rings. The Balaban J connectivity index is 1.33. The van der Waals surface area contributed by atoms with Crippen LogP contribution in [0.1, 0.15) is 36.9 Å². The summed E-state index contributed by atoms with van der Waals surface area (Å²) in [7, 11) is 0. The van der Waals surface area contributed by atoms with Crippen LogP contribution >= 0.6 is 0 Å². The van der Waals surface area contributed by atoms with E-state index >= 15 is 0 Å². The highest BCUT2D eigenvalue weighted by molar-refractivity contribution is 5.80. The Morgan fingerprint density at radius 1 is 1.12 bits per heavy atom. The van der Waals surface area contributed by atoms with E-state index in [0.29, 0.717) is 18.5 Å². The predicted molar refractivity (Wildman–Crippen MR) is 129 cm³/mol. The Bertz CT molecular complexity index is 1030. The third-order valence-corrected chi connectivity index (χ3v) is 5.64. The molecule has 0 atom stereocenters. The van der Waals surface area contributed by atoms with Gasteiger partial charge in [-0.15, -0.1) is 0 Å². The number of piperidine rings is 1. The van der Waals surface area contributed by atoms with Crippen molar-refractivity contribution < 1.29 is 4.42 Å². The molecular formula is C25H32N6O. The van der Waals surface area contributed by atoms with Gasteiger partial charge in [0.05, 0.1) is 6.20 Å². The number of rotatable bonds is 6. The van der Waals surface area contributed by atoms with E-state index in [1.807, 2.05) is 25.1 Å². The zero-order chi connectivity index (χ0) is 22.3. The zero-order valence-corrected chi connectivity index (χ0v) is 19.1. The first-order valence-electron chi connectivity index (χ1n) is 11.4. The van der Waals surface area contributed by atoms with Crippen LogP contribution in [0.4, 0.5) is 5.82 Å². The summed E-state index contributed by atoms with van der Waals surface area (Å²) in [6, 6.07) is 14.8. The Morgan fingerprint density at radius 3 is 2.62 bits per heavy atom. The molecule has 1 aromatic carbocycles. The average Bonchev–Trinajstić information content (AvgIpc) is 3.28. The summed E-state index contributed by atoms with van der Waals surface area (Å²) in [5.41, 5.74) is 3.31. The number of guanidine groups is 1. The van der Waals surface area contributed by atoms with E-state index in [1.165, 1.54) is 5.56 Å². The van der Waals surface area contributed by atoms with Crippen molar-refractivity contribution in [2.45, 2.75) is 46.2 Å². The minimum absolute atomic E-state index is 0.376. The summed E-state index contributed by atoms with van der Waals surface area (Å²) in [4.78, 5) is 16.1. The molecular weight excluding hydrogens is 400 g/mol. The van der Waals surface area contributed by atoms with Gasteiger partial charge in [-0.05, 0) is 45.7 Å². The molecule has 1 aliphatic heterocycles. The fourth-order valence-electron chi connectivity index (χ4n) is 3.85. The standard InChI is InChI=1S/C25H32N6O/c1-4-26-25(28-17-24-27-16-22(32-24)20-10-8-18(2)9-11-20)30-21-12-14-31(15-13-21)23-7-5-6-19(3)29-23/h5-11,16,21H,4,12-15,17H2,1-3H3,(H2,26,28,30). The Hall–Kier alpha value is -3.35. The van der Waals surface area contributed by atoms with Crippen LogP contribution in [-0.4, -0.2) is 41.6 Å². The van der Waals surface area contributed by atoms with Crippen LogP contribution in [0, 0.1) is 13.8 Å². The molecule has 0 spiro atoms. The minimum Gasteiger partial charge on any atom is -0.439 e. The van der Waals surface area contributed by atoms with E-state index in [1.54, 1.807) is 6.20 Å². The fourth-order valence-corrected chi connectivity index (χ4v) is 3.85. The maximum Gasteiger partial charge on any atom is 0.216 e. The lowest BCUT2D eigenvalue weighted by atomic mass is 10.1. The molecule has 2 N–H and O–H groups in total. The number of pyridine rings is 1. The first-order valence-corrected chi connectivity index (χ1v) is 11.4. The van der Waals surface area contributed by atoms with Crippen molar-refractivity contribution in [3.63, 3.8) is 0 Å². The van der Waals surface area contributed by atoms with Gasteiger partial charge in [-0.3, -0.25) is 0 Å². The van der Waals surface area contributed by atoms with E-state index in [-0.39, 0.29) is 0 Å². The highest BCUT2D eigenvalue weighted by Crippen LogP contribution is 2.21. The molecule has 2 aromatic heterocycles. The lowest BCUT2D eigenvalue weighted by Crippen LogP contribution is -2.48. The quantitative estimate of drug-likeness (QED) is 0.451. The summed E-state index contributed by atoms with van der Waals surface area (Å²) < 4.78 is 5.91. The molecule has 0 radical (unpaired) electrons. The van der Waals surface area contributed by atoms with Gasteiger partial charge in [-0.25, -0.2) is 15.0 Å². The first kappa shape index (κ1) is 21.9. The number of nitrogens with zero attached hydrogens (tertiary/aromatic N) is 4. The summed E-state index contributed by atoms with van der Waals surface area (Å²) in [5.74, 6) is 3.25. The van der Waals surface area contributed by atoms with Gasteiger partial charge in [-0.1, -0.05) is 35.9 Å². The van der Waals surface area contributed by atoms with Gasteiger partial charge in [-0.2, -0.15) is 0 Å². The van der Waals surface area contributed by atoms with Crippen molar-refractivity contribution in [2.24, 2.45) is 4.99 Å². The number of nitrogens with one attached hydrogen (secondary N) is 2. The second-order valence-corrected chi connectivity index (χ2v) is 8.22. The van der Waals surface area contributed by atoms with E-state index in [4.69, 9.17) is 9.41 Å². The lowest BCUT2D eigenvalue weighted by molar-refractivity contribution is 0.458. The Labute approximate surface area is 190 Å². The maximum absolute atomic E-state index is 5.91. The van der Waals surface area contributed by atoms with Crippen molar-refractivity contribution in [1.29, 1.82) is 0 Å². The van der Waals surface area contributed by atoms with Crippen LogP contribution in [0.2, 0.25) is 0 Å². The molecule has 7 heteroatoms. The third kappa shape index (κ3) is 5.66. The van der Waals surface area contributed by atoms with Crippen molar-refractivity contribution in [1.82, 2.24) is 20.6 Å². The van der Waals surface area contributed by atoms with Crippen molar-refractivity contribution in [3.05, 3.63) is 65.8 Å². The number of hydrogen-bond acceptors (Lipinski definition) is 5. The molecule has 1 saturated heterocycles. The van der Waals surface area contributed by atoms with Crippen molar-refractivity contribution >= 4 is 11.8 Å². The monoisotopic (exact) mass is 432 g/mol. The van der Waals surface area contributed by atoms with Crippen LogP contribution < -0.4 is 15.5 Å². The number of anilines is 1. The van der Waals surface area contributed by atoms with E-state index < -0.39 is 0 Å². The molecule has 3 heterocycles. The molecule has 7 nitrogen and oxygen atoms in total. The van der Waals surface area contributed by atoms with Crippen molar-refractivity contribution in [2.75, 3.05) is 24.5 Å². The fraction of sp³-hybridized carbons (Fsp3) is 0.400. The number of hydrogen-bond donors (Lipinski definition) is 2. The van der Waals surface area contributed by atoms with E-state index in [0.717, 1.165) is 61.3 Å². The van der Waals surface area contributed by atoms with E-state index in [9.17, 15) is 0 Å². The molecule has 0 aliphatic carbocycles. The second kappa shape index (κ2) is 10.3. The summed E-state index contributed by atoms with van der Waals surface area (Å²) in [6.07, 6.45) is 3.85. The number of aliphatic imine (C=N–C) groups is 1. The molecule has 32 heavy (non-hydrogen) atoms. The minimum atomic E-state index is 0.376. The molecule has 168 valence electrons. The maximum atomic E-state index is 5.91. The average molecular weight is 433 g/mol. The molecule has 0 saturated carbocycles. The van der Waals surface area contributed by atoms with Gasteiger partial charge in [0, 0.05) is 36.9 Å². The van der Waals surface area contributed by atoms with Gasteiger partial charge in [0.25, 0.3) is 0 Å². The smallest absolute Gasteiger partial charge is 0.216 e. The molecule has 0 unspecified atom stereocenters. The highest BCUT2D eigenvalue weighted by Gasteiger charge is 2.21. The molecule has 4 rings (SSSR count). The van der Waals surface area contributed by atoms with Gasteiger partial charge >= 0.3 is 0 Å². The molecule has 0 amide bonds. The first-order chi connectivity index (χ1) is 15.6. The summed E-state index contributed by atoms with van der Waals surface area (Å²) in [6.45, 7) is 9.34. The van der Waals surface area contributed by atoms with Crippen molar-refractivity contribution in [3.8, 4) is 11.3 Å². The molecule has 3 aromatic rings. The van der Waals surface area contributed by atoms with Crippen LogP contribution in [0.15, 0.2) is 58.1 Å². The van der Waals surface area contributed by atoms with Gasteiger partial charge in [0.1, 0.15) is 12.4 Å². The summed E-state index contributed by atoms with van der Waals surface area (Å²) in [5, 5.41) is 6.92. The molecule has 1 fully saturated rings. The molecule has 0 bridgehead atoms. The third-order valence-electron chi connectivity index (χ3n) is 5.64. The number of oxazole rings is 1. The normalized spacial score (nSPS) is 15.1. The Morgan fingerprint density at radius 2 is 1.91 bits per heavy atom. The summed E-state index contributed by atoms with van der Waals surface area (Å²) >= 11 is 0. The SMILES string of the molecule is CCNC(=NCc1ncc(-c2ccc(C)cc2)o1)NC1CCN(c2cccc(C)n2)CC1. The lowest BCUT2D eigenvalue weighted by Gasteiger charge is -2.34. The second-order valence-electron chi connectivity index (χ2n) is 8.22. The number of aryl methyl sites for hydroxylation is 2. The Kier molecular flexibility index (Phi) is 7.04. The highest BCUT2D eigenvalue weighted by atomic mass is 16.4. The largest absolute Gasteiger partial charge is 0.439 e. The van der Waals surface area contributed by atoms with Crippen LogP contribution in [0.3, 0.4) is 0 Å².